The summed E-state index contributed by atoms with van der Waals surface area (Å²) < 4.78 is 12.8. The molecule has 94 valence electrons. The molecule has 2 rings (SSSR count). The van der Waals surface area contributed by atoms with Crippen LogP contribution >= 0.6 is 0 Å². The lowest BCUT2D eigenvalue weighted by atomic mass is 10.0. The number of rotatable bonds is 4. The minimum atomic E-state index is -0.152. The van der Waals surface area contributed by atoms with E-state index < -0.39 is 0 Å². The highest BCUT2D eigenvalue weighted by Crippen LogP contribution is 2.11. The minimum absolute atomic E-state index is 0.152. The quantitative estimate of drug-likeness (QED) is 0.860. The van der Waals surface area contributed by atoms with Crippen molar-refractivity contribution in [1.82, 2.24) is 10.2 Å². The maximum Gasteiger partial charge on any atom is 0.123 e. The fraction of sp³-hybridized carbons (Fsp3) is 0.571. The van der Waals surface area contributed by atoms with Crippen LogP contribution in [0.15, 0.2) is 24.3 Å². The molecule has 0 saturated carbocycles. The highest BCUT2D eigenvalue weighted by Gasteiger charge is 2.16. The van der Waals surface area contributed by atoms with Crippen molar-refractivity contribution >= 4 is 0 Å². The molecular formula is C14H21FN2. The number of benzene rings is 1. The summed E-state index contributed by atoms with van der Waals surface area (Å²) in [6, 6.07) is 7.55. The zero-order valence-corrected chi connectivity index (χ0v) is 10.5. The molecule has 2 nitrogen and oxygen atoms in total. The van der Waals surface area contributed by atoms with E-state index in [2.05, 4.69) is 17.3 Å². The number of halogens is 1. The molecule has 17 heavy (non-hydrogen) atoms. The van der Waals surface area contributed by atoms with Crippen molar-refractivity contribution in [3.63, 3.8) is 0 Å². The van der Waals surface area contributed by atoms with Gasteiger partial charge in [0.25, 0.3) is 0 Å². The van der Waals surface area contributed by atoms with Gasteiger partial charge in [0.15, 0.2) is 0 Å². The van der Waals surface area contributed by atoms with Gasteiger partial charge in [-0.05, 0) is 57.1 Å². The van der Waals surface area contributed by atoms with Crippen LogP contribution < -0.4 is 5.32 Å². The lowest BCUT2D eigenvalue weighted by Gasteiger charge is -2.31. The van der Waals surface area contributed by atoms with E-state index in [1.54, 1.807) is 12.1 Å². The number of hydrogen-bond donors (Lipinski definition) is 1. The molecule has 1 fully saturated rings. The van der Waals surface area contributed by atoms with Crippen LogP contribution in [-0.2, 0) is 6.42 Å². The van der Waals surface area contributed by atoms with Crippen LogP contribution in [0.2, 0.25) is 0 Å². The number of likely N-dealkylation sites (N-methyl/N-ethyl adjacent to an activating group) is 1. The Balaban J connectivity index is 1.78. The molecule has 1 heterocycles. The Morgan fingerprint density at radius 1 is 1.24 bits per heavy atom. The standard InChI is InChI=1S/C14H21FN2/c1-17(14-6-9-16-10-7-14)11-8-12-2-4-13(15)5-3-12/h2-5,14,16H,6-11H2,1H3. The van der Waals surface area contributed by atoms with E-state index in [0.29, 0.717) is 6.04 Å². The smallest absolute Gasteiger partial charge is 0.123 e. The van der Waals surface area contributed by atoms with Gasteiger partial charge in [-0.3, -0.25) is 0 Å². The van der Waals surface area contributed by atoms with Gasteiger partial charge in [0, 0.05) is 12.6 Å². The predicted octanol–water partition coefficient (Wildman–Crippen LogP) is 2.05. The summed E-state index contributed by atoms with van der Waals surface area (Å²) in [5.74, 6) is -0.152. The van der Waals surface area contributed by atoms with Crippen molar-refractivity contribution < 1.29 is 4.39 Å². The average molecular weight is 236 g/mol. The van der Waals surface area contributed by atoms with Crippen LogP contribution in [-0.4, -0.2) is 37.6 Å². The van der Waals surface area contributed by atoms with Crippen LogP contribution in [0.3, 0.4) is 0 Å². The largest absolute Gasteiger partial charge is 0.317 e. The van der Waals surface area contributed by atoms with Crippen molar-refractivity contribution in [2.24, 2.45) is 0 Å². The van der Waals surface area contributed by atoms with E-state index in [1.807, 2.05) is 12.1 Å². The molecule has 1 aliphatic rings. The zero-order valence-electron chi connectivity index (χ0n) is 10.5. The van der Waals surface area contributed by atoms with Gasteiger partial charge in [-0.2, -0.15) is 0 Å². The van der Waals surface area contributed by atoms with E-state index >= 15 is 0 Å². The second-order valence-electron chi connectivity index (χ2n) is 4.84. The summed E-state index contributed by atoms with van der Waals surface area (Å²) >= 11 is 0. The molecule has 1 aliphatic heterocycles. The van der Waals surface area contributed by atoms with Gasteiger partial charge in [-0.15, -0.1) is 0 Å². The molecule has 0 radical (unpaired) electrons. The predicted molar refractivity (Wildman–Crippen MR) is 68.6 cm³/mol. The Morgan fingerprint density at radius 2 is 1.88 bits per heavy atom. The molecule has 3 heteroatoms. The molecular weight excluding hydrogens is 215 g/mol. The van der Waals surface area contributed by atoms with Crippen molar-refractivity contribution in [2.45, 2.75) is 25.3 Å². The fourth-order valence-corrected chi connectivity index (χ4v) is 2.39. The van der Waals surface area contributed by atoms with E-state index in [-0.39, 0.29) is 5.82 Å². The number of nitrogens with one attached hydrogen (secondary N) is 1. The third-order valence-electron chi connectivity index (χ3n) is 3.60. The number of hydrogen-bond acceptors (Lipinski definition) is 2. The van der Waals surface area contributed by atoms with Crippen molar-refractivity contribution in [3.05, 3.63) is 35.6 Å². The summed E-state index contributed by atoms with van der Waals surface area (Å²) in [6.07, 6.45) is 3.47. The first-order valence-corrected chi connectivity index (χ1v) is 6.41. The molecule has 0 aromatic heterocycles. The van der Waals surface area contributed by atoms with E-state index in [0.717, 1.165) is 26.1 Å². The molecule has 1 aromatic rings. The maximum absolute atomic E-state index is 12.8. The second kappa shape index (κ2) is 6.12. The Kier molecular flexibility index (Phi) is 4.51. The number of nitrogens with zero attached hydrogens (tertiary/aromatic N) is 1. The molecule has 1 N–H and O–H groups in total. The first-order chi connectivity index (χ1) is 8.25. The normalized spacial score (nSPS) is 17.6. The van der Waals surface area contributed by atoms with E-state index in [4.69, 9.17) is 0 Å². The molecule has 0 amide bonds. The van der Waals surface area contributed by atoms with Crippen molar-refractivity contribution in [2.75, 3.05) is 26.7 Å². The Morgan fingerprint density at radius 3 is 2.53 bits per heavy atom. The highest BCUT2D eigenvalue weighted by atomic mass is 19.1. The van der Waals surface area contributed by atoms with Gasteiger partial charge < -0.3 is 10.2 Å². The van der Waals surface area contributed by atoms with Gasteiger partial charge in [0.2, 0.25) is 0 Å². The van der Waals surface area contributed by atoms with Gasteiger partial charge in [0.05, 0.1) is 0 Å². The van der Waals surface area contributed by atoms with Gasteiger partial charge in [-0.1, -0.05) is 12.1 Å². The Bertz CT molecular complexity index is 331. The lowest BCUT2D eigenvalue weighted by molar-refractivity contribution is 0.201. The molecule has 0 spiro atoms. The minimum Gasteiger partial charge on any atom is -0.317 e. The van der Waals surface area contributed by atoms with E-state index in [1.165, 1.54) is 18.4 Å². The summed E-state index contributed by atoms with van der Waals surface area (Å²) in [7, 11) is 2.19. The summed E-state index contributed by atoms with van der Waals surface area (Å²) in [5.41, 5.74) is 1.21. The van der Waals surface area contributed by atoms with Crippen LogP contribution in [0, 0.1) is 5.82 Å². The highest BCUT2D eigenvalue weighted by molar-refractivity contribution is 5.16. The van der Waals surface area contributed by atoms with Gasteiger partial charge in [-0.25, -0.2) is 4.39 Å². The first-order valence-electron chi connectivity index (χ1n) is 6.41. The monoisotopic (exact) mass is 236 g/mol. The van der Waals surface area contributed by atoms with Crippen molar-refractivity contribution in [3.8, 4) is 0 Å². The third-order valence-corrected chi connectivity index (χ3v) is 3.60. The SMILES string of the molecule is CN(CCc1ccc(F)cc1)C1CCNCC1. The van der Waals surface area contributed by atoms with Gasteiger partial charge >= 0.3 is 0 Å². The second-order valence-corrected chi connectivity index (χ2v) is 4.84. The zero-order chi connectivity index (χ0) is 12.1. The fourth-order valence-electron chi connectivity index (χ4n) is 2.39. The van der Waals surface area contributed by atoms with Crippen LogP contribution in [0.4, 0.5) is 4.39 Å². The lowest BCUT2D eigenvalue weighted by Crippen LogP contribution is -2.41. The Hall–Kier alpha value is -0.930. The average Bonchev–Trinajstić information content (AvgIpc) is 2.39. The molecule has 1 aromatic carbocycles. The van der Waals surface area contributed by atoms with Gasteiger partial charge in [0.1, 0.15) is 5.82 Å². The summed E-state index contributed by atoms with van der Waals surface area (Å²) in [5, 5.41) is 3.38. The van der Waals surface area contributed by atoms with Crippen LogP contribution in [0.25, 0.3) is 0 Å². The number of piperidine rings is 1. The summed E-state index contributed by atoms with van der Waals surface area (Å²) in [6.45, 7) is 3.31. The Labute approximate surface area is 103 Å². The molecule has 0 unspecified atom stereocenters. The third kappa shape index (κ3) is 3.79. The maximum atomic E-state index is 12.8. The molecule has 0 bridgehead atoms. The topological polar surface area (TPSA) is 15.3 Å². The molecule has 0 atom stereocenters. The molecule has 1 saturated heterocycles. The van der Waals surface area contributed by atoms with E-state index in [9.17, 15) is 4.39 Å². The van der Waals surface area contributed by atoms with Crippen LogP contribution in [0.1, 0.15) is 18.4 Å². The summed E-state index contributed by atoms with van der Waals surface area (Å²) in [4.78, 5) is 2.43. The van der Waals surface area contributed by atoms with Crippen LogP contribution in [0.5, 0.6) is 0 Å². The van der Waals surface area contributed by atoms with Crippen molar-refractivity contribution in [1.29, 1.82) is 0 Å². The first kappa shape index (κ1) is 12.5. The molecule has 0 aliphatic carbocycles.